The number of aliphatic hydroxyl groups is 3. The van der Waals surface area contributed by atoms with Crippen molar-refractivity contribution in [1.82, 2.24) is 15.2 Å². The molecule has 1 aromatic heterocycles. The third-order valence-corrected chi connectivity index (χ3v) is 13.5. The molecule has 0 spiro atoms. The summed E-state index contributed by atoms with van der Waals surface area (Å²) in [5, 5.41) is 33.4. The second-order valence-corrected chi connectivity index (χ2v) is 19.4. The van der Waals surface area contributed by atoms with E-state index in [1.807, 2.05) is 58.1 Å². The van der Waals surface area contributed by atoms with Crippen molar-refractivity contribution >= 4 is 53.4 Å². The average molecular weight is 1020 g/mol. The molecule has 73 heavy (non-hydrogen) atoms. The number of aromatic nitrogens is 1. The largest absolute Gasteiger partial charge is 0.515 e. The highest BCUT2D eigenvalue weighted by molar-refractivity contribution is 7.99. The van der Waals surface area contributed by atoms with Crippen molar-refractivity contribution in [2.75, 3.05) is 53.8 Å². The molecular weight excluding hydrogens is 941 g/mol. The van der Waals surface area contributed by atoms with Crippen LogP contribution in [-0.4, -0.2) is 120 Å². The van der Waals surface area contributed by atoms with Crippen molar-refractivity contribution in [2.45, 2.75) is 105 Å². The second kappa shape index (κ2) is 30.9. The predicted octanol–water partition coefficient (Wildman–Crippen LogP) is 10.5. The number of nitrogens with zero attached hydrogens (tertiary/aromatic N) is 5. The molecule has 7 heterocycles. The number of aldehydes is 1. The lowest BCUT2D eigenvalue weighted by Crippen LogP contribution is -2.35. The molecule has 15 nitrogen and oxygen atoms in total. The molecule has 396 valence electrons. The summed E-state index contributed by atoms with van der Waals surface area (Å²) in [6.45, 7) is 27.3. The predicted molar refractivity (Wildman–Crippen MR) is 305 cm³/mol. The van der Waals surface area contributed by atoms with Crippen molar-refractivity contribution in [3.05, 3.63) is 151 Å². The molecular formula is C57H80N8O7S. The van der Waals surface area contributed by atoms with Crippen molar-refractivity contribution in [3.63, 3.8) is 0 Å². The molecule has 0 radical (unpaired) electrons. The summed E-state index contributed by atoms with van der Waals surface area (Å²) in [7, 11) is 6.79. The lowest BCUT2D eigenvalue weighted by Gasteiger charge is -2.31. The molecule has 6 aliphatic rings. The fourth-order valence-corrected chi connectivity index (χ4v) is 9.65. The topological polar surface area (TPSA) is 220 Å². The zero-order valence-corrected chi connectivity index (χ0v) is 45.8. The SMILES string of the molecule is C=CC1=C(C)C2=NC1=CC1=NC(=CC3=C(C)/C(=C\O)C(=N3)C(COC)=C3CC(C)C(=C2)N3)C(CC)=C1.C=Cc1[nH]c(/C=C(/C)N)c(C)c1C=C.CCC=O.CN(C)CCCSC1CC(O)CC(CN=O)O1.CO. The number of nitroso groups, excluding NO2 is 1. The van der Waals surface area contributed by atoms with E-state index >= 15 is 0 Å². The van der Waals surface area contributed by atoms with E-state index in [0.717, 1.165) is 153 Å². The van der Waals surface area contributed by atoms with E-state index in [4.69, 9.17) is 35.3 Å². The Bertz CT molecular complexity index is 2560. The second-order valence-electron chi connectivity index (χ2n) is 18.1. The molecule has 0 aliphatic carbocycles. The van der Waals surface area contributed by atoms with Crippen LogP contribution in [0.1, 0.15) is 103 Å². The Morgan fingerprint density at radius 1 is 1.01 bits per heavy atom. The Kier molecular flexibility index (Phi) is 25.9. The minimum atomic E-state index is -0.359. The monoisotopic (exact) mass is 1020 g/mol. The first-order valence-electron chi connectivity index (χ1n) is 24.7. The normalized spacial score (nSPS) is 21.5. The van der Waals surface area contributed by atoms with Gasteiger partial charge in [-0.05, 0) is 132 Å². The minimum Gasteiger partial charge on any atom is -0.515 e. The van der Waals surface area contributed by atoms with Gasteiger partial charge in [0.15, 0.2) is 0 Å². The number of ether oxygens (including phenoxy) is 2. The molecule has 8 bridgehead atoms. The summed E-state index contributed by atoms with van der Waals surface area (Å²) >= 11 is 1.72. The maximum Gasteiger partial charge on any atom is 0.119 e. The number of H-pyrrole nitrogens is 1. The number of hydrogen-bond donors (Lipinski definition) is 6. The van der Waals surface area contributed by atoms with Crippen LogP contribution in [0.15, 0.2) is 144 Å². The molecule has 0 amide bonds. The summed E-state index contributed by atoms with van der Waals surface area (Å²) in [4.78, 5) is 39.7. The van der Waals surface area contributed by atoms with E-state index < -0.39 is 0 Å². The van der Waals surface area contributed by atoms with Gasteiger partial charge < -0.3 is 50.5 Å². The maximum atomic E-state index is 10.2. The van der Waals surface area contributed by atoms with Crippen LogP contribution in [0.25, 0.3) is 18.2 Å². The number of hydrogen-bond acceptors (Lipinski definition) is 15. The molecule has 0 saturated carbocycles. The van der Waals surface area contributed by atoms with Crippen LogP contribution in [0.3, 0.4) is 0 Å². The summed E-state index contributed by atoms with van der Waals surface area (Å²) in [5.41, 5.74) is 23.7. The summed E-state index contributed by atoms with van der Waals surface area (Å²) in [5.74, 6) is 1.28. The van der Waals surface area contributed by atoms with Gasteiger partial charge in [-0.1, -0.05) is 57.8 Å². The van der Waals surface area contributed by atoms with Gasteiger partial charge in [0.05, 0.1) is 59.3 Å². The van der Waals surface area contributed by atoms with Crippen LogP contribution in [0.2, 0.25) is 0 Å². The number of methoxy groups -OCH3 is 1. The molecule has 2 saturated heterocycles. The third kappa shape index (κ3) is 17.0. The van der Waals surface area contributed by atoms with Crippen LogP contribution in [-0.2, 0) is 14.3 Å². The van der Waals surface area contributed by atoms with Crippen molar-refractivity contribution in [2.24, 2.45) is 31.8 Å². The molecule has 7 rings (SSSR count). The summed E-state index contributed by atoms with van der Waals surface area (Å²) in [6.07, 6.45) is 21.7. The van der Waals surface area contributed by atoms with E-state index in [9.17, 15) is 19.9 Å². The van der Waals surface area contributed by atoms with Gasteiger partial charge in [0.1, 0.15) is 18.3 Å². The Morgan fingerprint density at radius 2 is 1.73 bits per heavy atom. The van der Waals surface area contributed by atoms with Gasteiger partial charge in [0.25, 0.3) is 0 Å². The molecule has 2 fully saturated rings. The Labute approximate surface area is 438 Å². The van der Waals surface area contributed by atoms with Crippen LogP contribution in [0.4, 0.5) is 0 Å². The Morgan fingerprint density at radius 3 is 2.29 bits per heavy atom. The van der Waals surface area contributed by atoms with Gasteiger partial charge in [-0.15, -0.1) is 11.8 Å². The standard InChI is InChI=1S/C30H32N4O2.C12H16N2.C11H22N2O3S.C3H6O.CH4O/c1-7-19-10-20-11-29-21(8-2)17(4)25(33-29)12-24-16(3)9-28(32-24)23(15-36-6)30-22(14-35)18(5)26(34-30)13-27(19)31-20;1-5-10-9(4)12(7-8(3)13)14-11(10)6-2;1-13(2)4-3-5-17-11-7-9(14)6-10(16-11)8-12-15;1-2-3-4;1-2/h8,10-14,16,32,35H,2,7,9,15H2,1,3-6H3;5-7,14H,1-2,13H2,3-4H3;9-11,14H,3-8H2,1-2H3;3H,2H2,1H3;2H,1H3/b22-14+,24-12?,27-13?,28-23?,29-11?;8-7-;;;. The number of thioether (sulfide) groups is 1. The third-order valence-electron chi connectivity index (χ3n) is 12.3. The zero-order chi connectivity index (χ0) is 54.4. The fourth-order valence-electron chi connectivity index (χ4n) is 8.50. The van der Waals surface area contributed by atoms with Crippen LogP contribution >= 0.6 is 11.8 Å². The van der Waals surface area contributed by atoms with E-state index in [0.29, 0.717) is 31.4 Å². The number of nitrogens with two attached hydrogens (primary N) is 1. The van der Waals surface area contributed by atoms with E-state index in [1.165, 1.54) is 0 Å². The first kappa shape index (κ1) is 61.3. The number of rotatable bonds is 15. The van der Waals surface area contributed by atoms with Crippen molar-refractivity contribution in [3.8, 4) is 0 Å². The van der Waals surface area contributed by atoms with Crippen LogP contribution < -0.4 is 11.1 Å². The highest BCUT2D eigenvalue weighted by Gasteiger charge is 2.32. The first-order chi connectivity index (χ1) is 35.0. The van der Waals surface area contributed by atoms with E-state index in [1.54, 1.807) is 24.9 Å². The molecule has 0 aromatic carbocycles. The van der Waals surface area contributed by atoms with Gasteiger partial charge in [-0.3, -0.25) is 0 Å². The van der Waals surface area contributed by atoms with Crippen LogP contribution in [0, 0.1) is 17.7 Å². The lowest BCUT2D eigenvalue weighted by atomic mass is 9.96. The van der Waals surface area contributed by atoms with Crippen LogP contribution in [0.5, 0.6) is 0 Å². The van der Waals surface area contributed by atoms with Crippen molar-refractivity contribution < 1.29 is 29.6 Å². The van der Waals surface area contributed by atoms with E-state index in [2.05, 4.69) is 87.1 Å². The number of aromatic amines is 1. The number of nitrogens with one attached hydrogen (secondary N) is 2. The molecule has 4 atom stereocenters. The molecule has 6 aliphatic heterocycles. The van der Waals surface area contributed by atoms with Gasteiger partial charge in [0.2, 0.25) is 0 Å². The molecule has 16 heteroatoms. The Balaban J connectivity index is 0.000000315. The highest BCUT2D eigenvalue weighted by atomic mass is 32.2. The average Bonchev–Trinajstić information content (AvgIpc) is 4.16. The smallest absolute Gasteiger partial charge is 0.119 e. The first-order valence-corrected chi connectivity index (χ1v) is 25.7. The van der Waals surface area contributed by atoms with E-state index in [-0.39, 0.29) is 30.1 Å². The maximum absolute atomic E-state index is 10.2. The Hall–Kier alpha value is -6.01. The number of allylic oxidation sites excluding steroid dienone is 12. The molecule has 4 unspecified atom stereocenters. The minimum absolute atomic E-state index is 0.00709. The lowest BCUT2D eigenvalue weighted by molar-refractivity contribution is -0.107. The number of carbonyl (C=O) groups excluding carboxylic acids is 1. The quantitative estimate of drug-likeness (QED) is 0.0420. The number of fused-ring (bicyclic) bond motifs is 5. The number of carbonyl (C=O) groups is 1. The number of aliphatic hydroxyl groups excluding tert-OH is 3. The zero-order valence-electron chi connectivity index (χ0n) is 45.0. The molecule has 7 N–H and O–H groups in total. The van der Waals surface area contributed by atoms with Gasteiger partial charge in [0, 0.05) is 90.2 Å². The van der Waals surface area contributed by atoms with Gasteiger partial charge in [-0.25, -0.2) is 15.0 Å². The summed E-state index contributed by atoms with van der Waals surface area (Å²) in [6, 6.07) is 0. The van der Waals surface area contributed by atoms with Gasteiger partial charge in [-0.2, -0.15) is 4.91 Å². The highest BCUT2D eigenvalue weighted by Crippen LogP contribution is 2.38. The van der Waals surface area contributed by atoms with Gasteiger partial charge >= 0.3 is 0 Å². The fraction of sp³-hybridized carbons (Fsp3) is 0.439. The van der Waals surface area contributed by atoms with Crippen molar-refractivity contribution in [1.29, 1.82) is 0 Å². The summed E-state index contributed by atoms with van der Waals surface area (Å²) < 4.78 is 11.3. The molecule has 1 aromatic rings. The number of aliphatic imine (C=N–C) groups is 3.